The Morgan fingerprint density at radius 2 is 1.86 bits per heavy atom. The van der Waals surface area contributed by atoms with E-state index in [2.05, 4.69) is 15.5 Å². The summed E-state index contributed by atoms with van der Waals surface area (Å²) in [5.41, 5.74) is 0.829. The van der Waals surface area contributed by atoms with Crippen LogP contribution >= 0.6 is 11.8 Å². The van der Waals surface area contributed by atoms with Crippen LogP contribution in [0.2, 0.25) is 0 Å². The van der Waals surface area contributed by atoms with Crippen molar-refractivity contribution in [1.29, 1.82) is 0 Å². The van der Waals surface area contributed by atoms with Crippen LogP contribution in [0.4, 0.5) is 0 Å². The van der Waals surface area contributed by atoms with Crippen molar-refractivity contribution in [3.8, 4) is 0 Å². The van der Waals surface area contributed by atoms with Gasteiger partial charge in [-0.15, -0.1) is 5.10 Å². The third kappa shape index (κ3) is 5.03. The van der Waals surface area contributed by atoms with Gasteiger partial charge in [-0.2, -0.15) is 4.31 Å². The Labute approximate surface area is 173 Å². The number of benzene rings is 1. The monoisotopic (exact) mass is 434 g/mol. The number of piperazine rings is 1. The number of aromatic nitrogens is 4. The summed E-state index contributed by atoms with van der Waals surface area (Å²) in [6.07, 6.45) is 3.73. The van der Waals surface area contributed by atoms with Gasteiger partial charge in [0.05, 0.1) is 11.8 Å². The molecule has 1 saturated heterocycles. The lowest BCUT2D eigenvalue weighted by molar-refractivity contribution is -0.129. The van der Waals surface area contributed by atoms with Crippen molar-refractivity contribution in [2.45, 2.75) is 24.0 Å². The Morgan fingerprint density at radius 1 is 1.14 bits per heavy atom. The molecule has 0 N–H and O–H groups in total. The molecule has 4 rings (SSSR count). The number of hydrogen-bond acceptors (Lipinski definition) is 7. The van der Waals surface area contributed by atoms with Crippen molar-refractivity contribution in [2.24, 2.45) is 0 Å². The van der Waals surface area contributed by atoms with Crippen LogP contribution in [0, 0.1) is 0 Å². The number of carbonyl (C=O) groups excluding carboxylic acids is 1. The second-order valence-electron chi connectivity index (χ2n) is 6.96. The molecule has 0 radical (unpaired) electrons. The molecule has 0 spiro atoms. The van der Waals surface area contributed by atoms with Crippen molar-refractivity contribution in [3.05, 3.63) is 41.3 Å². The predicted octanol–water partition coefficient (Wildman–Crippen LogP) is 1.24. The van der Waals surface area contributed by atoms with Crippen LogP contribution < -0.4 is 0 Å². The predicted molar refractivity (Wildman–Crippen MR) is 109 cm³/mol. The first kappa shape index (κ1) is 20.0. The lowest BCUT2D eigenvalue weighted by Gasteiger charge is -2.33. The third-order valence-corrected chi connectivity index (χ3v) is 7.35. The third-order valence-electron chi connectivity index (χ3n) is 4.86. The van der Waals surface area contributed by atoms with Gasteiger partial charge in [-0.1, -0.05) is 42.1 Å². The topological polar surface area (TPSA) is 101 Å². The minimum atomic E-state index is -3.51. The summed E-state index contributed by atoms with van der Waals surface area (Å²) < 4.78 is 28.3. The van der Waals surface area contributed by atoms with E-state index in [1.165, 1.54) is 21.5 Å². The van der Waals surface area contributed by atoms with E-state index >= 15 is 0 Å². The van der Waals surface area contributed by atoms with Gasteiger partial charge in [0.25, 0.3) is 0 Å². The van der Waals surface area contributed by atoms with Crippen molar-refractivity contribution in [2.75, 3.05) is 31.9 Å². The van der Waals surface area contributed by atoms with E-state index in [1.807, 2.05) is 30.3 Å². The van der Waals surface area contributed by atoms with Gasteiger partial charge in [-0.25, -0.2) is 13.1 Å². The molecule has 1 aromatic heterocycles. The maximum atomic E-state index is 12.5. The highest BCUT2D eigenvalue weighted by molar-refractivity contribution is 7.99. The summed E-state index contributed by atoms with van der Waals surface area (Å²) >= 11 is 1.33. The Kier molecular flexibility index (Phi) is 5.97. The first-order valence-corrected chi connectivity index (χ1v) is 11.9. The van der Waals surface area contributed by atoms with Crippen LogP contribution in [-0.2, 0) is 14.8 Å². The molecule has 0 unspecified atom stereocenters. The Balaban J connectivity index is 1.27. The maximum absolute atomic E-state index is 12.5. The van der Waals surface area contributed by atoms with E-state index in [-0.39, 0.29) is 24.7 Å². The summed E-state index contributed by atoms with van der Waals surface area (Å²) in [6, 6.07) is 9.66. The minimum Gasteiger partial charge on any atom is -0.339 e. The van der Waals surface area contributed by atoms with Crippen LogP contribution in [0.25, 0.3) is 6.08 Å². The van der Waals surface area contributed by atoms with Crippen LogP contribution in [0.15, 0.2) is 40.9 Å². The summed E-state index contributed by atoms with van der Waals surface area (Å²) in [4.78, 5) is 14.2. The molecule has 0 bridgehead atoms. The lowest BCUT2D eigenvalue weighted by atomic mass is 10.2. The van der Waals surface area contributed by atoms with Crippen LogP contribution in [-0.4, -0.2) is 75.7 Å². The molecule has 154 valence electrons. The first-order valence-electron chi connectivity index (χ1n) is 9.45. The second kappa shape index (κ2) is 8.64. The van der Waals surface area contributed by atoms with Gasteiger partial charge in [0.2, 0.25) is 21.1 Å². The molecular weight excluding hydrogens is 412 g/mol. The molecular formula is C18H22N6O3S2. The SMILES string of the molecule is O=C(CSc1nnnn1C1CC1)N1CCN(S(=O)(=O)C=Cc2ccccc2)CC1. The van der Waals surface area contributed by atoms with E-state index in [0.717, 1.165) is 18.4 Å². The maximum Gasteiger partial charge on any atom is 0.236 e. The molecule has 2 aliphatic rings. The normalized spacial score (nSPS) is 18.4. The molecule has 1 aliphatic heterocycles. The molecule has 1 aliphatic carbocycles. The highest BCUT2D eigenvalue weighted by Crippen LogP contribution is 2.36. The number of nitrogens with zero attached hydrogens (tertiary/aromatic N) is 6. The average Bonchev–Trinajstić information content (AvgIpc) is 3.49. The van der Waals surface area contributed by atoms with E-state index < -0.39 is 10.0 Å². The van der Waals surface area contributed by atoms with Gasteiger partial charge in [-0.3, -0.25) is 4.79 Å². The van der Waals surface area contributed by atoms with Gasteiger partial charge >= 0.3 is 0 Å². The summed E-state index contributed by atoms with van der Waals surface area (Å²) in [7, 11) is -3.51. The summed E-state index contributed by atoms with van der Waals surface area (Å²) in [5, 5.41) is 13.5. The Morgan fingerprint density at radius 3 is 2.55 bits per heavy atom. The lowest BCUT2D eigenvalue weighted by Crippen LogP contribution is -2.50. The highest BCUT2D eigenvalue weighted by Gasteiger charge is 2.30. The van der Waals surface area contributed by atoms with E-state index in [9.17, 15) is 13.2 Å². The van der Waals surface area contributed by atoms with Gasteiger partial charge in [0.15, 0.2) is 0 Å². The van der Waals surface area contributed by atoms with Crippen LogP contribution in [0.3, 0.4) is 0 Å². The van der Waals surface area contributed by atoms with Gasteiger partial charge in [-0.05, 0) is 34.9 Å². The number of rotatable bonds is 7. The molecule has 11 heteroatoms. The number of thioether (sulfide) groups is 1. The van der Waals surface area contributed by atoms with Crippen molar-refractivity contribution in [1.82, 2.24) is 29.4 Å². The van der Waals surface area contributed by atoms with Gasteiger partial charge < -0.3 is 4.90 Å². The molecule has 1 saturated carbocycles. The van der Waals surface area contributed by atoms with Gasteiger partial charge in [0, 0.05) is 31.6 Å². The second-order valence-corrected chi connectivity index (χ2v) is 9.73. The minimum absolute atomic E-state index is 0.0303. The van der Waals surface area contributed by atoms with Gasteiger partial charge in [0.1, 0.15) is 0 Å². The van der Waals surface area contributed by atoms with Crippen molar-refractivity contribution in [3.63, 3.8) is 0 Å². The zero-order valence-corrected chi connectivity index (χ0v) is 17.4. The first-order chi connectivity index (χ1) is 14.0. The zero-order chi connectivity index (χ0) is 20.3. The van der Waals surface area contributed by atoms with E-state index in [0.29, 0.717) is 24.3 Å². The number of sulfonamides is 1. The number of hydrogen-bond donors (Lipinski definition) is 0. The molecule has 0 atom stereocenters. The fourth-order valence-corrected chi connectivity index (χ4v) is 5.07. The molecule has 2 fully saturated rings. The zero-order valence-electron chi connectivity index (χ0n) is 15.8. The van der Waals surface area contributed by atoms with Crippen LogP contribution in [0.5, 0.6) is 0 Å². The summed E-state index contributed by atoms with van der Waals surface area (Å²) in [6.45, 7) is 1.34. The molecule has 1 amide bonds. The van der Waals surface area contributed by atoms with Crippen molar-refractivity contribution < 1.29 is 13.2 Å². The summed E-state index contributed by atoms with van der Waals surface area (Å²) in [5.74, 6) is 0.213. The average molecular weight is 435 g/mol. The molecule has 29 heavy (non-hydrogen) atoms. The number of carbonyl (C=O) groups is 1. The van der Waals surface area contributed by atoms with Crippen molar-refractivity contribution >= 4 is 33.8 Å². The van der Waals surface area contributed by atoms with E-state index in [4.69, 9.17) is 0 Å². The quantitative estimate of drug-likeness (QED) is 0.604. The molecule has 9 nitrogen and oxygen atoms in total. The van der Waals surface area contributed by atoms with E-state index in [1.54, 1.807) is 15.7 Å². The molecule has 1 aromatic carbocycles. The smallest absolute Gasteiger partial charge is 0.236 e. The molecule has 2 heterocycles. The standard InChI is InChI=1S/C18H22N6O3S2/c25-17(14-28-18-19-20-21-24(18)16-6-7-16)22-9-11-23(12-10-22)29(26,27)13-8-15-4-2-1-3-5-15/h1-5,8,13,16H,6-7,9-12,14H2. The van der Waals surface area contributed by atoms with Crippen LogP contribution in [0.1, 0.15) is 24.4 Å². The Hall–Kier alpha value is -2.24. The number of amides is 1. The Bertz CT molecular complexity index is 980. The highest BCUT2D eigenvalue weighted by atomic mass is 32.2. The fourth-order valence-electron chi connectivity index (χ4n) is 3.05. The largest absolute Gasteiger partial charge is 0.339 e. The fraction of sp³-hybridized carbons (Fsp3) is 0.444. The molecule has 2 aromatic rings. The number of tetrazole rings is 1.